The maximum Gasteiger partial charge on any atom is 0.364 e. The molecule has 10 atom stereocenters. The van der Waals surface area contributed by atoms with Crippen LogP contribution in [0.5, 0.6) is 0 Å². The van der Waals surface area contributed by atoms with Crippen LogP contribution in [0.25, 0.3) is 0 Å². The molecule has 0 amide bonds. The highest BCUT2D eigenvalue weighted by atomic mass is 16.5. The van der Waals surface area contributed by atoms with E-state index in [2.05, 4.69) is 6.92 Å². The first kappa shape index (κ1) is 70.6. The Bertz CT molecular complexity index is 1350. The summed E-state index contributed by atoms with van der Waals surface area (Å²) in [5.41, 5.74) is -15.2. The molecule has 10 unspecified atom stereocenters. The minimum absolute atomic E-state index is 0.0147. The molecule has 24 heteroatoms. The second kappa shape index (κ2) is 34.4. The fourth-order valence-corrected chi connectivity index (χ4v) is 12.8. The van der Waals surface area contributed by atoms with Crippen molar-refractivity contribution < 1.29 is 122 Å². The third-order valence-electron chi connectivity index (χ3n) is 15.5. The smallest absolute Gasteiger partial charge is 0.364 e. The number of aliphatic hydroxyl groups is 22. The standard InChI is InChI=1S/C48H96O24/c1-2-3-4-5-6-7-8-9-10-11-43(12-32(59)22-49,13-33(60)23-50)44(14-34(61)24-51,15-35(62)25-52)45(16-36(63)26-53,17-37(64)27-54)46(18-38(65)28-55,19-39(66)29-56)47(20-40(67)30-57,21-41(68)31-58)48(71,72)42(69)70/h32-41,49-68,71-72H,2-31H2,1H3,(H,69,70). The number of carboxylic acid groups (broad SMARTS) is 1. The van der Waals surface area contributed by atoms with E-state index in [0.717, 1.165) is 32.1 Å². The quantitative estimate of drug-likeness (QED) is 0.0201. The van der Waals surface area contributed by atoms with E-state index >= 15 is 0 Å². The first-order valence-electron chi connectivity index (χ1n) is 25.4. The topological polar surface area (TPSA) is 482 Å². The van der Waals surface area contributed by atoms with Crippen molar-refractivity contribution in [3.8, 4) is 0 Å². The van der Waals surface area contributed by atoms with E-state index in [1.807, 2.05) is 0 Å². The van der Waals surface area contributed by atoms with Gasteiger partial charge in [0.05, 0.1) is 127 Å². The van der Waals surface area contributed by atoms with Crippen molar-refractivity contribution >= 4 is 5.97 Å². The second-order valence-electron chi connectivity index (χ2n) is 20.6. The lowest BCUT2D eigenvalue weighted by molar-refractivity contribution is -0.352. The van der Waals surface area contributed by atoms with E-state index in [-0.39, 0.29) is 6.42 Å². The molecular weight excluding hydrogens is 961 g/mol. The lowest BCUT2D eigenvalue weighted by atomic mass is 9.30. The van der Waals surface area contributed by atoms with Gasteiger partial charge in [-0.2, -0.15) is 0 Å². The molecule has 432 valence electrons. The van der Waals surface area contributed by atoms with E-state index in [0.29, 0.717) is 19.3 Å². The largest absolute Gasteiger partial charge is 0.477 e. The van der Waals surface area contributed by atoms with Crippen molar-refractivity contribution in [2.75, 3.05) is 66.1 Å². The van der Waals surface area contributed by atoms with Crippen LogP contribution in [0.2, 0.25) is 0 Å². The molecule has 0 aliphatic rings. The summed E-state index contributed by atoms with van der Waals surface area (Å²) in [6.07, 6.45) is -28.9. The Balaban J connectivity index is 10.9. The van der Waals surface area contributed by atoms with E-state index in [1.54, 1.807) is 0 Å². The third kappa shape index (κ3) is 18.1. The van der Waals surface area contributed by atoms with Gasteiger partial charge in [0, 0.05) is 5.41 Å². The normalized spacial score (nSPS) is 21.1. The predicted octanol–water partition coefficient (Wildman–Crippen LogP) is -4.96. The summed E-state index contributed by atoms with van der Waals surface area (Å²) in [5.74, 6) is -7.21. The van der Waals surface area contributed by atoms with E-state index in [1.165, 1.54) is 0 Å². The molecule has 0 saturated carbocycles. The zero-order chi connectivity index (χ0) is 55.6. The number of aliphatic hydroxyl groups excluding tert-OH is 20. The molecule has 0 spiro atoms. The van der Waals surface area contributed by atoms with Crippen molar-refractivity contribution in [3.63, 3.8) is 0 Å². The number of carbonyl (C=O) groups is 1. The van der Waals surface area contributed by atoms with Gasteiger partial charge in [-0.05, 0) is 92.3 Å². The van der Waals surface area contributed by atoms with E-state index < -0.39 is 237 Å². The van der Waals surface area contributed by atoms with Gasteiger partial charge in [-0.1, -0.05) is 64.7 Å². The average molecular weight is 1060 g/mol. The zero-order valence-electron chi connectivity index (χ0n) is 42.2. The summed E-state index contributed by atoms with van der Waals surface area (Å²) in [5, 5.41) is 263. The highest BCUT2D eigenvalue weighted by Gasteiger charge is 2.78. The summed E-state index contributed by atoms with van der Waals surface area (Å²) in [6.45, 7) is -10.9. The number of aliphatic carboxylic acids is 1. The molecule has 0 bridgehead atoms. The number of hydrogen-bond donors (Lipinski definition) is 23. The number of unbranched alkanes of at least 4 members (excludes halogenated alkanes) is 8. The fourth-order valence-electron chi connectivity index (χ4n) is 12.8. The van der Waals surface area contributed by atoms with Crippen LogP contribution >= 0.6 is 0 Å². The Kier molecular flexibility index (Phi) is 33.7. The van der Waals surface area contributed by atoms with Crippen LogP contribution in [0, 0.1) is 27.1 Å². The maximum atomic E-state index is 13.8. The van der Waals surface area contributed by atoms with E-state index in [4.69, 9.17) is 0 Å². The monoisotopic (exact) mass is 1060 g/mol. The summed E-state index contributed by atoms with van der Waals surface area (Å²) in [7, 11) is 0. The Morgan fingerprint density at radius 3 is 0.778 bits per heavy atom. The van der Waals surface area contributed by atoms with Gasteiger partial charge < -0.3 is 117 Å². The molecule has 0 aliphatic carbocycles. The summed E-state index contributed by atoms with van der Waals surface area (Å²) >= 11 is 0. The van der Waals surface area contributed by atoms with Gasteiger partial charge in [0.15, 0.2) is 0 Å². The van der Waals surface area contributed by atoms with Crippen LogP contribution in [-0.4, -0.2) is 256 Å². The lowest BCUT2D eigenvalue weighted by Crippen LogP contribution is -2.75. The molecule has 0 aromatic carbocycles. The van der Waals surface area contributed by atoms with Gasteiger partial charge >= 0.3 is 5.97 Å². The summed E-state index contributed by atoms with van der Waals surface area (Å²) < 4.78 is 0. The van der Waals surface area contributed by atoms with Gasteiger partial charge in [-0.3, -0.25) is 0 Å². The van der Waals surface area contributed by atoms with Gasteiger partial charge in [0.25, 0.3) is 5.79 Å². The molecule has 0 radical (unpaired) electrons. The van der Waals surface area contributed by atoms with Gasteiger partial charge in [0.1, 0.15) is 0 Å². The molecular formula is C48H96O24. The van der Waals surface area contributed by atoms with Crippen LogP contribution in [-0.2, 0) is 4.79 Å². The molecule has 0 rings (SSSR count). The van der Waals surface area contributed by atoms with Crippen LogP contribution < -0.4 is 0 Å². The third-order valence-corrected chi connectivity index (χ3v) is 15.5. The first-order valence-corrected chi connectivity index (χ1v) is 25.4. The number of carboxylic acids is 1. The summed E-state index contributed by atoms with van der Waals surface area (Å²) in [4.78, 5) is 13.8. The Hall–Kier alpha value is -1.41. The molecule has 0 fully saturated rings. The molecule has 0 aliphatic heterocycles. The Labute approximate surface area is 422 Å². The van der Waals surface area contributed by atoms with E-state index in [9.17, 15) is 122 Å². The molecule has 23 N–H and O–H groups in total. The molecule has 0 heterocycles. The summed E-state index contributed by atoms with van der Waals surface area (Å²) in [6, 6.07) is 0. The van der Waals surface area contributed by atoms with Crippen LogP contribution in [0.15, 0.2) is 0 Å². The van der Waals surface area contributed by atoms with Gasteiger partial charge in [0.2, 0.25) is 0 Å². The molecule has 72 heavy (non-hydrogen) atoms. The Morgan fingerprint density at radius 1 is 0.319 bits per heavy atom. The predicted molar refractivity (Wildman–Crippen MR) is 256 cm³/mol. The van der Waals surface area contributed by atoms with Crippen LogP contribution in [0.1, 0.15) is 135 Å². The Morgan fingerprint density at radius 2 is 0.528 bits per heavy atom. The average Bonchev–Trinajstić information content (AvgIpc) is 3.35. The molecule has 0 aromatic rings. The van der Waals surface area contributed by atoms with Crippen molar-refractivity contribution in [3.05, 3.63) is 0 Å². The minimum atomic E-state index is -4.56. The first-order chi connectivity index (χ1) is 33.8. The van der Waals surface area contributed by atoms with Crippen LogP contribution in [0.4, 0.5) is 0 Å². The fraction of sp³-hybridized carbons (Fsp3) is 0.979. The number of hydrogen-bond acceptors (Lipinski definition) is 23. The highest BCUT2D eigenvalue weighted by molar-refractivity contribution is 5.76. The van der Waals surface area contributed by atoms with Crippen molar-refractivity contribution in [2.45, 2.75) is 202 Å². The second-order valence-corrected chi connectivity index (χ2v) is 20.6. The van der Waals surface area contributed by atoms with Crippen molar-refractivity contribution in [1.29, 1.82) is 0 Å². The maximum absolute atomic E-state index is 13.8. The lowest BCUT2D eigenvalue weighted by Gasteiger charge is -2.74. The van der Waals surface area contributed by atoms with Crippen molar-refractivity contribution in [1.82, 2.24) is 0 Å². The van der Waals surface area contributed by atoms with Crippen LogP contribution in [0.3, 0.4) is 0 Å². The highest BCUT2D eigenvalue weighted by Crippen LogP contribution is 2.78. The minimum Gasteiger partial charge on any atom is -0.477 e. The molecule has 0 saturated heterocycles. The SMILES string of the molecule is CCCCCCCCCCCC(CC(O)CO)(CC(O)CO)C(CC(O)CO)(CC(O)CO)C(CC(O)CO)(CC(O)CO)C(CC(O)CO)(CC(O)CO)C(CC(O)CO)(CC(O)CO)C(O)(O)C(=O)O. The van der Waals surface area contributed by atoms with Gasteiger partial charge in [-0.25, -0.2) is 4.79 Å². The van der Waals surface area contributed by atoms with Crippen molar-refractivity contribution in [2.24, 2.45) is 27.1 Å². The zero-order valence-corrected chi connectivity index (χ0v) is 42.2. The van der Waals surface area contributed by atoms with Gasteiger partial charge in [-0.15, -0.1) is 0 Å². The molecule has 24 nitrogen and oxygen atoms in total. The molecule has 0 aromatic heterocycles. The number of rotatable bonds is 46.